The third-order valence-corrected chi connectivity index (χ3v) is 4.98. The van der Waals surface area contributed by atoms with Crippen molar-refractivity contribution in [3.63, 3.8) is 0 Å². The zero-order chi connectivity index (χ0) is 21.5. The van der Waals surface area contributed by atoms with E-state index in [0.717, 1.165) is 18.7 Å². The summed E-state index contributed by atoms with van der Waals surface area (Å²) in [5.74, 6) is -0.298. The molecule has 2 N–H and O–H groups in total. The average molecular weight is 419 g/mol. The Morgan fingerprint density at radius 1 is 0.935 bits per heavy atom. The highest BCUT2D eigenvalue weighted by Gasteiger charge is 2.14. The molecule has 1 aliphatic rings. The van der Waals surface area contributed by atoms with Crippen molar-refractivity contribution in [3.8, 4) is 0 Å². The fourth-order valence-electron chi connectivity index (χ4n) is 3.34. The van der Waals surface area contributed by atoms with E-state index < -0.39 is 0 Å². The number of nitrogens with one attached hydrogen (secondary N) is 2. The SMILES string of the molecule is O=C(CN1CCOCC1)Nc1ccc(NC(=O)c2cnn(Cc3ccccc3)c2)cc1. The Morgan fingerprint density at radius 3 is 2.32 bits per heavy atom. The minimum atomic E-state index is -0.233. The van der Waals surface area contributed by atoms with Gasteiger partial charge in [0.25, 0.3) is 5.91 Å². The van der Waals surface area contributed by atoms with Crippen LogP contribution in [-0.2, 0) is 16.1 Å². The summed E-state index contributed by atoms with van der Waals surface area (Å²) in [6, 6.07) is 17.0. The highest BCUT2D eigenvalue weighted by atomic mass is 16.5. The van der Waals surface area contributed by atoms with Crippen molar-refractivity contribution in [1.82, 2.24) is 14.7 Å². The number of hydrogen-bond acceptors (Lipinski definition) is 5. The van der Waals surface area contributed by atoms with E-state index in [4.69, 9.17) is 4.74 Å². The van der Waals surface area contributed by atoms with E-state index in [1.165, 1.54) is 0 Å². The molecule has 1 saturated heterocycles. The molecule has 0 unspecified atom stereocenters. The lowest BCUT2D eigenvalue weighted by atomic mass is 10.2. The number of carbonyl (C=O) groups excluding carboxylic acids is 2. The minimum Gasteiger partial charge on any atom is -0.379 e. The van der Waals surface area contributed by atoms with Crippen molar-refractivity contribution < 1.29 is 14.3 Å². The number of carbonyl (C=O) groups is 2. The molecular weight excluding hydrogens is 394 g/mol. The third-order valence-electron chi connectivity index (χ3n) is 4.98. The monoisotopic (exact) mass is 419 g/mol. The summed E-state index contributed by atoms with van der Waals surface area (Å²) in [5.41, 5.74) is 2.93. The predicted molar refractivity (Wildman–Crippen MR) is 118 cm³/mol. The van der Waals surface area contributed by atoms with Gasteiger partial charge in [-0.15, -0.1) is 0 Å². The number of amides is 2. The molecule has 0 atom stereocenters. The number of anilines is 2. The number of nitrogens with zero attached hydrogens (tertiary/aromatic N) is 3. The smallest absolute Gasteiger partial charge is 0.258 e. The van der Waals surface area contributed by atoms with Crippen LogP contribution in [-0.4, -0.2) is 59.3 Å². The molecule has 31 heavy (non-hydrogen) atoms. The van der Waals surface area contributed by atoms with Crippen molar-refractivity contribution in [2.45, 2.75) is 6.54 Å². The second-order valence-electron chi connectivity index (χ2n) is 7.38. The topological polar surface area (TPSA) is 88.5 Å². The predicted octanol–water partition coefficient (Wildman–Crippen LogP) is 2.45. The Balaban J connectivity index is 1.28. The van der Waals surface area contributed by atoms with Crippen LogP contribution >= 0.6 is 0 Å². The minimum absolute atomic E-state index is 0.0653. The van der Waals surface area contributed by atoms with Gasteiger partial charge in [-0.3, -0.25) is 19.2 Å². The molecular formula is C23H25N5O3. The second-order valence-corrected chi connectivity index (χ2v) is 7.38. The molecule has 1 aliphatic heterocycles. The van der Waals surface area contributed by atoms with Crippen LogP contribution in [0.5, 0.6) is 0 Å². The van der Waals surface area contributed by atoms with Gasteiger partial charge in [0.1, 0.15) is 0 Å². The van der Waals surface area contributed by atoms with Crippen LogP contribution in [0.15, 0.2) is 67.0 Å². The molecule has 3 aromatic rings. The Morgan fingerprint density at radius 2 is 1.61 bits per heavy atom. The first-order valence-corrected chi connectivity index (χ1v) is 10.2. The molecule has 2 aromatic carbocycles. The largest absolute Gasteiger partial charge is 0.379 e. The zero-order valence-corrected chi connectivity index (χ0v) is 17.2. The molecule has 8 heteroatoms. The molecule has 1 fully saturated rings. The molecule has 4 rings (SSSR count). The molecule has 0 radical (unpaired) electrons. The van der Waals surface area contributed by atoms with Crippen LogP contribution in [0.2, 0.25) is 0 Å². The van der Waals surface area contributed by atoms with Crippen molar-refractivity contribution in [2.24, 2.45) is 0 Å². The molecule has 1 aromatic heterocycles. The lowest BCUT2D eigenvalue weighted by Gasteiger charge is -2.25. The van der Waals surface area contributed by atoms with Gasteiger partial charge in [-0.1, -0.05) is 30.3 Å². The summed E-state index contributed by atoms with van der Waals surface area (Å²) in [7, 11) is 0. The van der Waals surface area contributed by atoms with Crippen molar-refractivity contribution in [2.75, 3.05) is 43.5 Å². The number of ether oxygens (including phenoxy) is 1. The molecule has 0 bridgehead atoms. The molecule has 2 heterocycles. The fraction of sp³-hybridized carbons (Fsp3) is 0.261. The first-order chi connectivity index (χ1) is 15.2. The lowest BCUT2D eigenvalue weighted by Crippen LogP contribution is -2.41. The van der Waals surface area contributed by atoms with Gasteiger partial charge < -0.3 is 15.4 Å². The van der Waals surface area contributed by atoms with Gasteiger partial charge in [0.2, 0.25) is 5.91 Å². The number of aromatic nitrogens is 2. The van der Waals surface area contributed by atoms with Gasteiger partial charge in [0, 0.05) is 30.7 Å². The first kappa shape index (κ1) is 20.8. The van der Waals surface area contributed by atoms with Crippen LogP contribution in [0.25, 0.3) is 0 Å². The van der Waals surface area contributed by atoms with E-state index in [9.17, 15) is 9.59 Å². The van der Waals surface area contributed by atoms with E-state index in [1.807, 2.05) is 30.3 Å². The molecule has 0 aliphatic carbocycles. The lowest BCUT2D eigenvalue weighted by molar-refractivity contribution is -0.118. The highest BCUT2D eigenvalue weighted by Crippen LogP contribution is 2.15. The van der Waals surface area contributed by atoms with Gasteiger partial charge in [0.15, 0.2) is 0 Å². The number of morpholine rings is 1. The third kappa shape index (κ3) is 6.00. The molecule has 8 nitrogen and oxygen atoms in total. The van der Waals surface area contributed by atoms with Crippen LogP contribution in [0.1, 0.15) is 15.9 Å². The summed E-state index contributed by atoms with van der Waals surface area (Å²) < 4.78 is 7.02. The van der Waals surface area contributed by atoms with E-state index in [0.29, 0.717) is 43.2 Å². The van der Waals surface area contributed by atoms with Crippen LogP contribution in [0, 0.1) is 0 Å². The van der Waals surface area contributed by atoms with E-state index in [-0.39, 0.29) is 11.8 Å². The van der Waals surface area contributed by atoms with E-state index in [2.05, 4.69) is 20.6 Å². The Labute approximate surface area is 180 Å². The Hall–Kier alpha value is -3.49. The summed E-state index contributed by atoms with van der Waals surface area (Å²) >= 11 is 0. The quantitative estimate of drug-likeness (QED) is 0.614. The summed E-state index contributed by atoms with van der Waals surface area (Å²) in [5, 5.41) is 10.0. The molecule has 2 amide bonds. The van der Waals surface area contributed by atoms with Gasteiger partial charge in [-0.2, -0.15) is 5.10 Å². The summed E-state index contributed by atoms with van der Waals surface area (Å²) in [6.45, 7) is 3.79. The van der Waals surface area contributed by atoms with Crippen LogP contribution < -0.4 is 10.6 Å². The van der Waals surface area contributed by atoms with Crippen molar-refractivity contribution in [1.29, 1.82) is 0 Å². The van der Waals surface area contributed by atoms with E-state index >= 15 is 0 Å². The second kappa shape index (κ2) is 10.0. The van der Waals surface area contributed by atoms with Crippen molar-refractivity contribution in [3.05, 3.63) is 78.1 Å². The standard InChI is InChI=1S/C23H25N5O3/c29-22(17-27-10-12-31-13-11-27)25-20-6-8-21(9-7-20)26-23(30)19-14-24-28(16-19)15-18-4-2-1-3-5-18/h1-9,14,16H,10-13,15,17H2,(H,25,29)(H,26,30). The normalized spacial score (nSPS) is 14.2. The Bertz CT molecular complexity index is 1010. The van der Waals surface area contributed by atoms with Crippen molar-refractivity contribution >= 4 is 23.2 Å². The van der Waals surface area contributed by atoms with E-state index in [1.54, 1.807) is 41.3 Å². The van der Waals surface area contributed by atoms with Gasteiger partial charge in [-0.05, 0) is 29.8 Å². The first-order valence-electron chi connectivity index (χ1n) is 10.2. The fourth-order valence-corrected chi connectivity index (χ4v) is 3.34. The van der Waals surface area contributed by atoms with Crippen LogP contribution in [0.3, 0.4) is 0 Å². The Kier molecular flexibility index (Phi) is 6.71. The number of rotatable bonds is 7. The van der Waals surface area contributed by atoms with Gasteiger partial charge in [0.05, 0.1) is 38.1 Å². The number of hydrogen-bond donors (Lipinski definition) is 2. The van der Waals surface area contributed by atoms with Gasteiger partial charge >= 0.3 is 0 Å². The molecule has 0 saturated carbocycles. The van der Waals surface area contributed by atoms with Crippen LogP contribution in [0.4, 0.5) is 11.4 Å². The zero-order valence-electron chi connectivity index (χ0n) is 17.2. The maximum Gasteiger partial charge on any atom is 0.258 e. The maximum atomic E-state index is 12.5. The molecule has 160 valence electrons. The highest BCUT2D eigenvalue weighted by molar-refractivity contribution is 6.04. The average Bonchev–Trinajstić information content (AvgIpc) is 3.25. The van der Waals surface area contributed by atoms with Gasteiger partial charge in [-0.25, -0.2) is 0 Å². The maximum absolute atomic E-state index is 12.5. The summed E-state index contributed by atoms with van der Waals surface area (Å²) in [4.78, 5) is 26.8. The number of benzene rings is 2. The summed E-state index contributed by atoms with van der Waals surface area (Å²) in [6.07, 6.45) is 3.28. The molecule has 0 spiro atoms.